The van der Waals surface area contributed by atoms with Crippen LogP contribution in [0.1, 0.15) is 19.8 Å². The lowest BCUT2D eigenvalue weighted by Crippen LogP contribution is -2.39. The molecule has 1 aliphatic heterocycles. The van der Waals surface area contributed by atoms with Gasteiger partial charge in [0.05, 0.1) is 6.61 Å². The molecule has 88 valence electrons. The fourth-order valence-electron chi connectivity index (χ4n) is 2.09. The van der Waals surface area contributed by atoms with E-state index in [1.54, 1.807) is 0 Å². The standard InChI is InChI=1S/C13H20N2O/c1-2-16-13-5-3-4-12(10-13)15-8-6-11(14)7-9-15/h3-5,10-11H,2,6-9,14H2,1H3. The van der Waals surface area contributed by atoms with E-state index >= 15 is 0 Å². The summed E-state index contributed by atoms with van der Waals surface area (Å²) in [4.78, 5) is 2.38. The van der Waals surface area contributed by atoms with E-state index in [-0.39, 0.29) is 0 Å². The molecular weight excluding hydrogens is 200 g/mol. The van der Waals surface area contributed by atoms with E-state index in [2.05, 4.69) is 23.1 Å². The van der Waals surface area contributed by atoms with E-state index in [1.165, 1.54) is 5.69 Å². The molecule has 1 saturated heterocycles. The van der Waals surface area contributed by atoms with Crippen LogP contribution < -0.4 is 15.4 Å². The predicted molar refractivity (Wildman–Crippen MR) is 67.0 cm³/mol. The monoisotopic (exact) mass is 220 g/mol. The Morgan fingerprint density at radius 2 is 2.12 bits per heavy atom. The van der Waals surface area contributed by atoms with Crippen molar-refractivity contribution in [1.82, 2.24) is 0 Å². The number of anilines is 1. The molecule has 0 unspecified atom stereocenters. The molecule has 0 aromatic heterocycles. The smallest absolute Gasteiger partial charge is 0.121 e. The third-order valence-electron chi connectivity index (χ3n) is 3.03. The van der Waals surface area contributed by atoms with Gasteiger partial charge in [0, 0.05) is 30.9 Å². The van der Waals surface area contributed by atoms with Gasteiger partial charge in [-0.15, -0.1) is 0 Å². The Hall–Kier alpha value is -1.22. The van der Waals surface area contributed by atoms with Gasteiger partial charge in [0.25, 0.3) is 0 Å². The molecule has 0 bridgehead atoms. The molecule has 1 aliphatic rings. The summed E-state index contributed by atoms with van der Waals surface area (Å²) in [6, 6.07) is 8.68. The van der Waals surface area contributed by atoms with Gasteiger partial charge < -0.3 is 15.4 Å². The SMILES string of the molecule is CCOc1cccc(N2CCC(N)CC2)c1. The largest absolute Gasteiger partial charge is 0.494 e. The lowest BCUT2D eigenvalue weighted by molar-refractivity contribution is 0.340. The topological polar surface area (TPSA) is 38.5 Å². The highest BCUT2D eigenvalue weighted by Crippen LogP contribution is 2.23. The summed E-state index contributed by atoms with van der Waals surface area (Å²) < 4.78 is 5.51. The van der Waals surface area contributed by atoms with Gasteiger partial charge in [-0.1, -0.05) is 6.07 Å². The minimum Gasteiger partial charge on any atom is -0.494 e. The number of piperidine rings is 1. The Morgan fingerprint density at radius 1 is 1.38 bits per heavy atom. The van der Waals surface area contributed by atoms with Gasteiger partial charge in [-0.25, -0.2) is 0 Å². The first-order valence-electron chi connectivity index (χ1n) is 6.03. The maximum absolute atomic E-state index is 5.90. The van der Waals surface area contributed by atoms with Crippen molar-refractivity contribution in [3.8, 4) is 5.75 Å². The molecule has 0 atom stereocenters. The number of nitrogens with zero attached hydrogens (tertiary/aromatic N) is 1. The number of hydrogen-bond donors (Lipinski definition) is 1. The third kappa shape index (κ3) is 2.67. The van der Waals surface area contributed by atoms with E-state index in [0.717, 1.165) is 31.7 Å². The first kappa shape index (κ1) is 11.3. The first-order chi connectivity index (χ1) is 7.79. The Balaban J connectivity index is 2.05. The highest BCUT2D eigenvalue weighted by Gasteiger charge is 2.16. The van der Waals surface area contributed by atoms with Crippen LogP contribution in [0.2, 0.25) is 0 Å². The fraction of sp³-hybridized carbons (Fsp3) is 0.538. The molecule has 0 amide bonds. The zero-order chi connectivity index (χ0) is 11.4. The van der Waals surface area contributed by atoms with Crippen LogP contribution >= 0.6 is 0 Å². The second kappa shape index (κ2) is 5.21. The van der Waals surface area contributed by atoms with Crippen molar-refractivity contribution in [2.45, 2.75) is 25.8 Å². The van der Waals surface area contributed by atoms with Gasteiger partial charge in [-0.3, -0.25) is 0 Å². The molecule has 2 rings (SSSR count). The van der Waals surface area contributed by atoms with Crippen LogP contribution in [0.5, 0.6) is 5.75 Å². The molecule has 0 aliphatic carbocycles. The quantitative estimate of drug-likeness (QED) is 0.847. The zero-order valence-corrected chi connectivity index (χ0v) is 9.86. The van der Waals surface area contributed by atoms with Crippen LogP contribution in [0.15, 0.2) is 24.3 Å². The molecule has 2 N–H and O–H groups in total. The second-order valence-electron chi connectivity index (χ2n) is 4.25. The van der Waals surface area contributed by atoms with Gasteiger partial charge in [0.2, 0.25) is 0 Å². The van der Waals surface area contributed by atoms with Crippen molar-refractivity contribution in [3.05, 3.63) is 24.3 Å². The number of ether oxygens (including phenoxy) is 1. The molecule has 3 heteroatoms. The van der Waals surface area contributed by atoms with Gasteiger partial charge in [0.1, 0.15) is 5.75 Å². The lowest BCUT2D eigenvalue weighted by atomic mass is 10.1. The van der Waals surface area contributed by atoms with Crippen molar-refractivity contribution in [3.63, 3.8) is 0 Å². The van der Waals surface area contributed by atoms with Crippen LogP contribution in [0.4, 0.5) is 5.69 Å². The molecular formula is C13H20N2O. The Kier molecular flexibility index (Phi) is 3.67. The molecule has 0 spiro atoms. The molecule has 1 fully saturated rings. The molecule has 3 nitrogen and oxygen atoms in total. The van der Waals surface area contributed by atoms with E-state index < -0.39 is 0 Å². The molecule has 1 aromatic carbocycles. The summed E-state index contributed by atoms with van der Waals surface area (Å²) >= 11 is 0. The Morgan fingerprint density at radius 3 is 2.81 bits per heavy atom. The number of rotatable bonds is 3. The summed E-state index contributed by atoms with van der Waals surface area (Å²) in [5, 5.41) is 0. The van der Waals surface area contributed by atoms with Gasteiger partial charge in [0.15, 0.2) is 0 Å². The van der Waals surface area contributed by atoms with Gasteiger partial charge in [-0.2, -0.15) is 0 Å². The van der Waals surface area contributed by atoms with Crippen molar-refractivity contribution in [2.75, 3.05) is 24.6 Å². The number of benzene rings is 1. The molecule has 1 heterocycles. The normalized spacial score (nSPS) is 17.5. The molecule has 16 heavy (non-hydrogen) atoms. The van der Waals surface area contributed by atoms with Gasteiger partial charge in [-0.05, 0) is 31.9 Å². The van der Waals surface area contributed by atoms with Crippen molar-refractivity contribution < 1.29 is 4.74 Å². The summed E-state index contributed by atoms with van der Waals surface area (Å²) in [7, 11) is 0. The summed E-state index contributed by atoms with van der Waals surface area (Å²) in [6.07, 6.45) is 2.16. The maximum atomic E-state index is 5.90. The average Bonchev–Trinajstić information content (AvgIpc) is 2.31. The predicted octanol–water partition coefficient (Wildman–Crippen LogP) is 2.01. The zero-order valence-electron chi connectivity index (χ0n) is 9.86. The van der Waals surface area contributed by atoms with Crippen molar-refractivity contribution in [1.29, 1.82) is 0 Å². The van der Waals surface area contributed by atoms with E-state index in [0.29, 0.717) is 12.6 Å². The van der Waals surface area contributed by atoms with Crippen LogP contribution in [-0.4, -0.2) is 25.7 Å². The molecule has 0 saturated carbocycles. The van der Waals surface area contributed by atoms with Crippen LogP contribution in [0.25, 0.3) is 0 Å². The fourth-order valence-corrected chi connectivity index (χ4v) is 2.09. The first-order valence-corrected chi connectivity index (χ1v) is 6.03. The number of nitrogens with two attached hydrogens (primary N) is 1. The minimum atomic E-state index is 0.381. The lowest BCUT2D eigenvalue weighted by Gasteiger charge is -2.32. The third-order valence-corrected chi connectivity index (χ3v) is 3.03. The summed E-state index contributed by atoms with van der Waals surface area (Å²) in [6.45, 7) is 4.83. The van der Waals surface area contributed by atoms with Crippen LogP contribution in [-0.2, 0) is 0 Å². The Labute approximate surface area is 97.2 Å². The average molecular weight is 220 g/mol. The Bertz CT molecular complexity index is 332. The summed E-state index contributed by atoms with van der Waals surface area (Å²) in [5.41, 5.74) is 7.15. The van der Waals surface area contributed by atoms with Crippen molar-refractivity contribution >= 4 is 5.69 Å². The van der Waals surface area contributed by atoms with Crippen LogP contribution in [0, 0.1) is 0 Å². The van der Waals surface area contributed by atoms with Crippen LogP contribution in [0.3, 0.4) is 0 Å². The van der Waals surface area contributed by atoms with E-state index in [1.807, 2.05) is 13.0 Å². The maximum Gasteiger partial charge on any atom is 0.121 e. The highest BCUT2D eigenvalue weighted by molar-refractivity contribution is 5.51. The van der Waals surface area contributed by atoms with Crippen molar-refractivity contribution in [2.24, 2.45) is 5.73 Å². The van der Waals surface area contributed by atoms with E-state index in [9.17, 15) is 0 Å². The highest BCUT2D eigenvalue weighted by atomic mass is 16.5. The number of hydrogen-bond acceptors (Lipinski definition) is 3. The molecule has 1 aromatic rings. The summed E-state index contributed by atoms with van der Waals surface area (Å²) in [5.74, 6) is 0.954. The minimum absolute atomic E-state index is 0.381. The molecule has 0 radical (unpaired) electrons. The van der Waals surface area contributed by atoms with Gasteiger partial charge >= 0.3 is 0 Å². The van der Waals surface area contributed by atoms with E-state index in [4.69, 9.17) is 10.5 Å². The second-order valence-corrected chi connectivity index (χ2v) is 4.25.